The average molecular weight is 341 g/mol. The third-order valence-electron chi connectivity index (χ3n) is 4.12. The third-order valence-corrected chi connectivity index (χ3v) is 4.65. The molecule has 4 heteroatoms. The maximum atomic E-state index is 5.98. The summed E-state index contributed by atoms with van der Waals surface area (Å²) in [4.78, 5) is 2.53. The highest BCUT2D eigenvalue weighted by Gasteiger charge is 2.22. The Morgan fingerprint density at radius 2 is 1.85 bits per heavy atom. The van der Waals surface area contributed by atoms with E-state index in [1.54, 1.807) is 0 Å². The lowest BCUT2D eigenvalue weighted by Gasteiger charge is -2.35. The summed E-state index contributed by atoms with van der Waals surface area (Å²) in [5.74, 6) is 0.940. The summed E-state index contributed by atoms with van der Waals surface area (Å²) in [5.41, 5.74) is 5.98. The van der Waals surface area contributed by atoms with Crippen LogP contribution < -0.4 is 10.5 Å². The van der Waals surface area contributed by atoms with Crippen molar-refractivity contribution in [2.75, 3.05) is 19.7 Å². The minimum absolute atomic E-state index is 0.420. The molecule has 3 nitrogen and oxygen atoms in total. The zero-order valence-electron chi connectivity index (χ0n) is 12.2. The molecule has 0 spiro atoms. The Morgan fingerprint density at radius 3 is 2.45 bits per heavy atom. The van der Waals surface area contributed by atoms with Gasteiger partial charge in [0.25, 0.3) is 0 Å². The number of likely N-dealkylation sites (N-methyl/N-ethyl adjacent to an activating group) is 1. The number of hydrogen-bond donors (Lipinski definition) is 1. The van der Waals surface area contributed by atoms with Gasteiger partial charge in [0.1, 0.15) is 12.4 Å². The molecule has 0 atom stereocenters. The van der Waals surface area contributed by atoms with Gasteiger partial charge in [-0.25, -0.2) is 0 Å². The first-order valence-corrected chi connectivity index (χ1v) is 8.36. The molecule has 20 heavy (non-hydrogen) atoms. The summed E-state index contributed by atoms with van der Waals surface area (Å²) >= 11 is 3.43. The van der Waals surface area contributed by atoms with Crippen LogP contribution in [0.1, 0.15) is 32.6 Å². The van der Waals surface area contributed by atoms with E-state index in [9.17, 15) is 0 Å². The molecular formula is C16H25BrN2O. The normalized spacial score (nSPS) is 23.0. The first kappa shape index (κ1) is 15.8. The van der Waals surface area contributed by atoms with Gasteiger partial charge in [-0.3, -0.25) is 4.90 Å². The highest BCUT2D eigenvalue weighted by Crippen LogP contribution is 2.22. The van der Waals surface area contributed by atoms with Crippen molar-refractivity contribution in [1.29, 1.82) is 0 Å². The Balaban J connectivity index is 1.74. The first-order chi connectivity index (χ1) is 9.69. The molecule has 0 aromatic heterocycles. The quantitative estimate of drug-likeness (QED) is 0.862. The molecule has 2 N–H and O–H groups in total. The summed E-state index contributed by atoms with van der Waals surface area (Å²) in [6.45, 7) is 5.06. The summed E-state index contributed by atoms with van der Waals surface area (Å²) < 4.78 is 6.90. The topological polar surface area (TPSA) is 38.5 Å². The molecule has 1 aromatic rings. The largest absolute Gasteiger partial charge is 0.492 e. The summed E-state index contributed by atoms with van der Waals surface area (Å²) in [6, 6.07) is 9.13. The second-order valence-electron chi connectivity index (χ2n) is 5.50. The molecule has 112 valence electrons. The predicted molar refractivity (Wildman–Crippen MR) is 87.1 cm³/mol. The van der Waals surface area contributed by atoms with Gasteiger partial charge in [-0.2, -0.15) is 0 Å². The van der Waals surface area contributed by atoms with Crippen LogP contribution in [-0.4, -0.2) is 36.7 Å². The van der Waals surface area contributed by atoms with Crippen molar-refractivity contribution in [3.05, 3.63) is 28.7 Å². The van der Waals surface area contributed by atoms with Crippen LogP contribution in [0.25, 0.3) is 0 Å². The minimum atomic E-state index is 0.420. The molecule has 0 unspecified atom stereocenters. The fourth-order valence-corrected chi connectivity index (χ4v) is 3.14. The first-order valence-electron chi connectivity index (χ1n) is 7.57. The van der Waals surface area contributed by atoms with Crippen molar-refractivity contribution in [2.45, 2.75) is 44.7 Å². The zero-order chi connectivity index (χ0) is 14.4. The Hall–Kier alpha value is -0.580. The molecule has 0 amide bonds. The van der Waals surface area contributed by atoms with Crippen LogP contribution >= 0.6 is 15.9 Å². The van der Waals surface area contributed by atoms with Crippen LogP contribution in [0, 0.1) is 0 Å². The van der Waals surface area contributed by atoms with Crippen LogP contribution in [0.2, 0.25) is 0 Å². The smallest absolute Gasteiger partial charge is 0.119 e. The Morgan fingerprint density at radius 1 is 1.20 bits per heavy atom. The standard InChI is InChI=1S/C16H25BrN2O/c1-2-19(15-7-5-14(18)6-8-15)11-12-20-16-9-3-13(17)4-10-16/h3-4,9-10,14-15H,2,5-8,11-12,18H2,1H3. The number of hydrogen-bond acceptors (Lipinski definition) is 3. The fraction of sp³-hybridized carbons (Fsp3) is 0.625. The van der Waals surface area contributed by atoms with Crippen molar-refractivity contribution < 1.29 is 4.74 Å². The van der Waals surface area contributed by atoms with Gasteiger partial charge < -0.3 is 10.5 Å². The Bertz CT molecular complexity index is 388. The number of ether oxygens (including phenoxy) is 1. The van der Waals surface area contributed by atoms with Gasteiger partial charge in [0.05, 0.1) is 0 Å². The van der Waals surface area contributed by atoms with E-state index in [1.165, 1.54) is 12.8 Å². The lowest BCUT2D eigenvalue weighted by Crippen LogP contribution is -2.42. The maximum absolute atomic E-state index is 5.98. The van der Waals surface area contributed by atoms with Crippen LogP contribution in [-0.2, 0) is 0 Å². The van der Waals surface area contributed by atoms with Crippen molar-refractivity contribution >= 4 is 15.9 Å². The number of rotatable bonds is 6. The van der Waals surface area contributed by atoms with Crippen LogP contribution in [0.15, 0.2) is 28.7 Å². The van der Waals surface area contributed by atoms with Crippen molar-refractivity contribution in [3.63, 3.8) is 0 Å². The molecule has 0 saturated heterocycles. The van der Waals surface area contributed by atoms with Gasteiger partial charge in [0.2, 0.25) is 0 Å². The van der Waals surface area contributed by atoms with Crippen LogP contribution in [0.3, 0.4) is 0 Å². The van der Waals surface area contributed by atoms with Gasteiger partial charge in [-0.05, 0) is 56.5 Å². The highest BCUT2D eigenvalue weighted by atomic mass is 79.9. The molecule has 1 aromatic carbocycles. The van der Waals surface area contributed by atoms with E-state index >= 15 is 0 Å². The molecule has 1 saturated carbocycles. The van der Waals surface area contributed by atoms with E-state index in [0.29, 0.717) is 12.1 Å². The lowest BCUT2D eigenvalue weighted by molar-refractivity contribution is 0.132. The van der Waals surface area contributed by atoms with E-state index in [0.717, 1.165) is 42.8 Å². The van der Waals surface area contributed by atoms with Gasteiger partial charge in [-0.1, -0.05) is 22.9 Å². The van der Waals surface area contributed by atoms with E-state index < -0.39 is 0 Å². The van der Waals surface area contributed by atoms with Gasteiger partial charge in [-0.15, -0.1) is 0 Å². The van der Waals surface area contributed by atoms with Crippen molar-refractivity contribution in [3.8, 4) is 5.75 Å². The zero-order valence-corrected chi connectivity index (χ0v) is 13.8. The molecule has 1 aliphatic carbocycles. The van der Waals surface area contributed by atoms with Crippen molar-refractivity contribution in [1.82, 2.24) is 4.90 Å². The van der Waals surface area contributed by atoms with Crippen LogP contribution in [0.5, 0.6) is 5.75 Å². The Labute approximate surface area is 130 Å². The van der Waals surface area contributed by atoms with Gasteiger partial charge >= 0.3 is 0 Å². The second kappa shape index (κ2) is 8.01. The third kappa shape index (κ3) is 4.76. The molecule has 0 bridgehead atoms. The predicted octanol–water partition coefficient (Wildman–Crippen LogP) is 3.42. The monoisotopic (exact) mass is 340 g/mol. The summed E-state index contributed by atoms with van der Waals surface area (Å²) in [5, 5.41) is 0. The highest BCUT2D eigenvalue weighted by molar-refractivity contribution is 9.10. The maximum Gasteiger partial charge on any atom is 0.119 e. The second-order valence-corrected chi connectivity index (χ2v) is 6.42. The lowest BCUT2D eigenvalue weighted by atomic mass is 9.91. The molecule has 1 aliphatic rings. The van der Waals surface area contributed by atoms with Gasteiger partial charge in [0, 0.05) is 23.1 Å². The molecule has 0 heterocycles. The van der Waals surface area contributed by atoms with E-state index in [2.05, 4.69) is 27.8 Å². The SMILES string of the molecule is CCN(CCOc1ccc(Br)cc1)C1CCC(N)CC1. The number of benzene rings is 1. The number of halogens is 1. The van der Waals surface area contributed by atoms with Gasteiger partial charge in [0.15, 0.2) is 0 Å². The molecular weight excluding hydrogens is 316 g/mol. The van der Waals surface area contributed by atoms with Crippen LogP contribution in [0.4, 0.5) is 0 Å². The molecule has 0 radical (unpaired) electrons. The Kier molecular flexibility index (Phi) is 6.33. The molecule has 0 aliphatic heterocycles. The number of nitrogens with zero attached hydrogens (tertiary/aromatic N) is 1. The molecule has 1 fully saturated rings. The molecule has 2 rings (SSSR count). The fourth-order valence-electron chi connectivity index (χ4n) is 2.88. The number of nitrogens with two attached hydrogens (primary N) is 1. The van der Waals surface area contributed by atoms with E-state index in [-0.39, 0.29) is 0 Å². The van der Waals surface area contributed by atoms with E-state index in [4.69, 9.17) is 10.5 Å². The average Bonchev–Trinajstić information content (AvgIpc) is 2.47. The summed E-state index contributed by atoms with van der Waals surface area (Å²) in [6.07, 6.45) is 4.78. The summed E-state index contributed by atoms with van der Waals surface area (Å²) in [7, 11) is 0. The van der Waals surface area contributed by atoms with E-state index in [1.807, 2.05) is 24.3 Å². The van der Waals surface area contributed by atoms with Crippen molar-refractivity contribution in [2.24, 2.45) is 5.73 Å². The minimum Gasteiger partial charge on any atom is -0.492 e.